The van der Waals surface area contributed by atoms with Crippen molar-refractivity contribution in [3.8, 4) is 5.69 Å². The van der Waals surface area contributed by atoms with Gasteiger partial charge in [-0.25, -0.2) is 0 Å². The summed E-state index contributed by atoms with van der Waals surface area (Å²) in [6.45, 7) is 7.51. The molecule has 0 amide bonds. The summed E-state index contributed by atoms with van der Waals surface area (Å²) in [5, 5.41) is 0. The van der Waals surface area contributed by atoms with Crippen LogP contribution in [0, 0.1) is 13.8 Å². The Morgan fingerprint density at radius 3 is 2.56 bits per heavy atom. The van der Waals surface area contributed by atoms with E-state index in [4.69, 9.17) is 5.73 Å². The molecule has 0 unspecified atom stereocenters. The van der Waals surface area contributed by atoms with Crippen LogP contribution in [0.3, 0.4) is 0 Å². The summed E-state index contributed by atoms with van der Waals surface area (Å²) in [7, 11) is 0. The van der Waals surface area contributed by atoms with Crippen molar-refractivity contribution in [2.75, 3.05) is 12.3 Å². The van der Waals surface area contributed by atoms with Crippen molar-refractivity contribution in [1.82, 2.24) is 9.47 Å². The molecule has 0 saturated heterocycles. The van der Waals surface area contributed by atoms with Crippen LogP contribution in [0.4, 0.5) is 5.69 Å². The van der Waals surface area contributed by atoms with Gasteiger partial charge in [-0.1, -0.05) is 24.3 Å². The molecule has 2 N–H and O–H groups in total. The maximum absolute atomic E-state index is 5.92. The van der Waals surface area contributed by atoms with E-state index in [1.165, 1.54) is 33.8 Å². The lowest BCUT2D eigenvalue weighted by Crippen LogP contribution is -2.30. The summed E-state index contributed by atoms with van der Waals surface area (Å²) >= 11 is 0. The van der Waals surface area contributed by atoms with Gasteiger partial charge in [-0.15, -0.1) is 0 Å². The van der Waals surface area contributed by atoms with Crippen molar-refractivity contribution < 1.29 is 0 Å². The summed E-state index contributed by atoms with van der Waals surface area (Å²) < 4.78 is 2.36. The van der Waals surface area contributed by atoms with Gasteiger partial charge in [0.2, 0.25) is 0 Å². The predicted octanol–water partition coefficient (Wildman–Crippen LogP) is 4.23. The van der Waals surface area contributed by atoms with Gasteiger partial charge in [0.1, 0.15) is 0 Å². The number of rotatable bonds is 3. The molecule has 128 valence electrons. The third-order valence-corrected chi connectivity index (χ3v) is 5.27. The fourth-order valence-corrected chi connectivity index (χ4v) is 3.97. The van der Waals surface area contributed by atoms with Gasteiger partial charge in [-0.2, -0.15) is 0 Å². The molecule has 0 fully saturated rings. The van der Waals surface area contributed by atoms with Gasteiger partial charge < -0.3 is 10.3 Å². The molecule has 4 rings (SSSR count). The average Bonchev–Trinajstić information content (AvgIpc) is 2.89. The topological polar surface area (TPSA) is 34.2 Å². The Kier molecular flexibility index (Phi) is 4.10. The van der Waals surface area contributed by atoms with E-state index in [2.05, 4.69) is 71.8 Å². The molecule has 3 heteroatoms. The Morgan fingerprint density at radius 1 is 0.960 bits per heavy atom. The molecule has 0 bridgehead atoms. The number of fused-ring (bicyclic) bond motifs is 1. The van der Waals surface area contributed by atoms with E-state index in [9.17, 15) is 0 Å². The molecular weight excluding hydrogens is 306 g/mol. The third kappa shape index (κ3) is 3.08. The number of anilines is 1. The molecular formula is C22H25N3. The number of para-hydroxylation sites is 1. The molecule has 3 nitrogen and oxygen atoms in total. The number of aryl methyl sites for hydroxylation is 1. The number of nitrogen functional groups attached to an aromatic ring is 1. The number of benzene rings is 2. The molecule has 2 heterocycles. The highest BCUT2D eigenvalue weighted by atomic mass is 15.1. The Labute approximate surface area is 149 Å². The Balaban J connectivity index is 1.57. The fourth-order valence-electron chi connectivity index (χ4n) is 3.97. The van der Waals surface area contributed by atoms with Crippen LogP contribution in [0.15, 0.2) is 54.6 Å². The highest BCUT2D eigenvalue weighted by molar-refractivity contribution is 5.46. The second-order valence-corrected chi connectivity index (χ2v) is 7.06. The highest BCUT2D eigenvalue weighted by Crippen LogP contribution is 2.26. The van der Waals surface area contributed by atoms with Gasteiger partial charge in [0.25, 0.3) is 0 Å². The van der Waals surface area contributed by atoms with Crippen LogP contribution in [0.25, 0.3) is 5.69 Å². The van der Waals surface area contributed by atoms with Gasteiger partial charge in [-0.05, 0) is 67.3 Å². The van der Waals surface area contributed by atoms with Crippen molar-refractivity contribution in [3.63, 3.8) is 0 Å². The number of hydrogen-bond donors (Lipinski definition) is 1. The van der Waals surface area contributed by atoms with E-state index < -0.39 is 0 Å². The molecule has 1 aromatic heterocycles. The van der Waals surface area contributed by atoms with Gasteiger partial charge in [0.15, 0.2) is 0 Å². The molecule has 0 radical (unpaired) electrons. The molecule has 0 saturated carbocycles. The minimum absolute atomic E-state index is 0.874. The first-order valence-corrected chi connectivity index (χ1v) is 8.94. The summed E-state index contributed by atoms with van der Waals surface area (Å²) in [6, 6.07) is 19.3. The van der Waals surface area contributed by atoms with E-state index in [1.54, 1.807) is 0 Å². The van der Waals surface area contributed by atoms with E-state index in [0.29, 0.717) is 0 Å². The first kappa shape index (κ1) is 16.0. The summed E-state index contributed by atoms with van der Waals surface area (Å²) in [5.41, 5.74) is 14.9. The van der Waals surface area contributed by atoms with Crippen molar-refractivity contribution in [2.24, 2.45) is 0 Å². The minimum atomic E-state index is 0.874. The Hall–Kier alpha value is -2.52. The van der Waals surface area contributed by atoms with Crippen LogP contribution in [-0.2, 0) is 19.5 Å². The number of aromatic nitrogens is 1. The normalized spacial score (nSPS) is 14.5. The number of nitrogens with zero attached hydrogens (tertiary/aromatic N) is 2. The standard InChI is InChI=1S/C22H25N3/c1-16-12-20(17(2)25(16)22-6-4-3-5-7-22)15-24-11-10-18-13-21(23)9-8-19(18)14-24/h3-9,12-13H,10-11,14-15,23H2,1-2H3. The fraction of sp³-hybridized carbons (Fsp3) is 0.273. The van der Waals surface area contributed by atoms with Crippen LogP contribution >= 0.6 is 0 Å². The second-order valence-electron chi connectivity index (χ2n) is 7.06. The number of hydrogen-bond acceptors (Lipinski definition) is 2. The van der Waals surface area contributed by atoms with Crippen LogP contribution in [0.5, 0.6) is 0 Å². The molecule has 0 spiro atoms. The van der Waals surface area contributed by atoms with E-state index in [0.717, 1.165) is 31.7 Å². The van der Waals surface area contributed by atoms with Crippen LogP contribution in [0.2, 0.25) is 0 Å². The van der Waals surface area contributed by atoms with Crippen molar-refractivity contribution >= 4 is 5.69 Å². The minimum Gasteiger partial charge on any atom is -0.399 e. The SMILES string of the molecule is Cc1cc(CN2CCc3cc(N)ccc3C2)c(C)n1-c1ccccc1. The predicted molar refractivity (Wildman–Crippen MR) is 104 cm³/mol. The lowest BCUT2D eigenvalue weighted by atomic mass is 9.98. The van der Waals surface area contributed by atoms with Gasteiger partial charge in [0, 0.05) is 42.4 Å². The first-order chi connectivity index (χ1) is 12.1. The maximum atomic E-state index is 5.92. The Bertz CT molecular complexity index is 893. The largest absolute Gasteiger partial charge is 0.399 e. The van der Waals surface area contributed by atoms with Gasteiger partial charge in [-0.3, -0.25) is 4.90 Å². The van der Waals surface area contributed by atoms with Crippen LogP contribution in [0.1, 0.15) is 28.1 Å². The second kappa shape index (κ2) is 6.41. The third-order valence-electron chi connectivity index (χ3n) is 5.27. The zero-order valence-corrected chi connectivity index (χ0v) is 15.0. The molecule has 0 aliphatic carbocycles. The first-order valence-electron chi connectivity index (χ1n) is 8.94. The van der Waals surface area contributed by atoms with Crippen LogP contribution < -0.4 is 5.73 Å². The molecule has 0 atom stereocenters. The summed E-state index contributed by atoms with van der Waals surface area (Å²) in [4.78, 5) is 2.54. The summed E-state index contributed by atoms with van der Waals surface area (Å²) in [6.07, 6.45) is 1.08. The maximum Gasteiger partial charge on any atom is 0.0455 e. The smallest absolute Gasteiger partial charge is 0.0455 e. The molecule has 1 aliphatic heterocycles. The molecule has 1 aliphatic rings. The van der Waals surface area contributed by atoms with Crippen molar-refractivity contribution in [2.45, 2.75) is 33.4 Å². The van der Waals surface area contributed by atoms with Crippen molar-refractivity contribution in [3.05, 3.63) is 82.7 Å². The molecule has 2 aromatic carbocycles. The van der Waals surface area contributed by atoms with E-state index in [-0.39, 0.29) is 0 Å². The quantitative estimate of drug-likeness (QED) is 0.729. The number of nitrogens with two attached hydrogens (primary N) is 1. The zero-order chi connectivity index (χ0) is 17.4. The van der Waals surface area contributed by atoms with E-state index in [1.807, 2.05) is 6.07 Å². The van der Waals surface area contributed by atoms with Gasteiger partial charge in [0.05, 0.1) is 0 Å². The lowest BCUT2D eigenvalue weighted by molar-refractivity contribution is 0.245. The highest BCUT2D eigenvalue weighted by Gasteiger charge is 2.19. The lowest BCUT2D eigenvalue weighted by Gasteiger charge is -2.29. The van der Waals surface area contributed by atoms with Crippen LogP contribution in [-0.4, -0.2) is 16.0 Å². The summed E-state index contributed by atoms with van der Waals surface area (Å²) in [5.74, 6) is 0. The Morgan fingerprint density at radius 2 is 1.76 bits per heavy atom. The van der Waals surface area contributed by atoms with Gasteiger partial charge >= 0.3 is 0 Å². The molecule has 25 heavy (non-hydrogen) atoms. The monoisotopic (exact) mass is 331 g/mol. The molecule has 3 aromatic rings. The van der Waals surface area contributed by atoms with Crippen molar-refractivity contribution in [1.29, 1.82) is 0 Å². The zero-order valence-electron chi connectivity index (χ0n) is 15.0. The average molecular weight is 331 g/mol. The van der Waals surface area contributed by atoms with E-state index >= 15 is 0 Å².